The highest BCUT2D eigenvalue weighted by Gasteiger charge is 2.07. The lowest BCUT2D eigenvalue weighted by Gasteiger charge is -2.18. The highest BCUT2D eigenvalue weighted by atomic mass is 32.2. The summed E-state index contributed by atoms with van der Waals surface area (Å²) in [5.74, 6) is 0.00576. The molecule has 0 amide bonds. The molecule has 3 N–H and O–H groups in total. The highest BCUT2D eigenvalue weighted by Crippen LogP contribution is 2.11. The van der Waals surface area contributed by atoms with Gasteiger partial charge in [-0.3, -0.25) is 4.98 Å². The van der Waals surface area contributed by atoms with Crippen molar-refractivity contribution >= 4 is 21.4 Å². The number of oxime groups is 1. The third-order valence-electron chi connectivity index (χ3n) is 2.36. The summed E-state index contributed by atoms with van der Waals surface area (Å²) >= 11 is 0. The molecule has 1 heterocycles. The molecule has 0 saturated carbocycles. The van der Waals surface area contributed by atoms with E-state index in [0.29, 0.717) is 12.2 Å². The zero-order valence-corrected chi connectivity index (χ0v) is 11.1. The third-order valence-corrected chi connectivity index (χ3v) is 3.28. The van der Waals surface area contributed by atoms with Crippen LogP contribution in [0, 0.1) is 0 Å². The van der Waals surface area contributed by atoms with E-state index in [1.807, 2.05) is 0 Å². The van der Waals surface area contributed by atoms with Crippen molar-refractivity contribution in [1.29, 1.82) is 0 Å². The van der Waals surface area contributed by atoms with Gasteiger partial charge in [-0.2, -0.15) is 0 Å². The Morgan fingerprint density at radius 3 is 2.67 bits per heavy atom. The minimum atomic E-state index is -2.99. The quantitative estimate of drug-likeness (QED) is 0.328. The maximum Gasteiger partial charge on any atom is 0.188 e. The van der Waals surface area contributed by atoms with Gasteiger partial charge in [0.15, 0.2) is 5.84 Å². The second-order valence-electron chi connectivity index (χ2n) is 3.94. The molecule has 7 nitrogen and oxygen atoms in total. The summed E-state index contributed by atoms with van der Waals surface area (Å²) < 4.78 is 22.1. The van der Waals surface area contributed by atoms with Crippen LogP contribution >= 0.6 is 0 Å². The van der Waals surface area contributed by atoms with Gasteiger partial charge in [0.2, 0.25) is 0 Å². The van der Waals surface area contributed by atoms with E-state index in [0.717, 1.165) is 5.69 Å². The first kappa shape index (κ1) is 14.2. The normalized spacial score (nSPS) is 12.4. The lowest BCUT2D eigenvalue weighted by Crippen LogP contribution is -2.25. The number of aromatic nitrogens is 1. The Kier molecular flexibility index (Phi) is 4.49. The first-order valence-electron chi connectivity index (χ1n) is 5.16. The molecule has 1 aromatic heterocycles. The van der Waals surface area contributed by atoms with Crippen LogP contribution in [0.5, 0.6) is 0 Å². The van der Waals surface area contributed by atoms with E-state index in [9.17, 15) is 8.42 Å². The molecule has 0 aromatic carbocycles. The molecule has 100 valence electrons. The summed E-state index contributed by atoms with van der Waals surface area (Å²) in [5.41, 5.74) is 6.50. The number of nitrogens with two attached hydrogens (primary N) is 1. The number of rotatable bonds is 5. The van der Waals surface area contributed by atoms with Crippen molar-refractivity contribution in [3.8, 4) is 0 Å². The average Bonchev–Trinajstić information content (AvgIpc) is 2.34. The van der Waals surface area contributed by atoms with Gasteiger partial charge >= 0.3 is 0 Å². The van der Waals surface area contributed by atoms with Crippen LogP contribution in [0.25, 0.3) is 0 Å². The van der Waals surface area contributed by atoms with Gasteiger partial charge in [0, 0.05) is 19.8 Å². The Morgan fingerprint density at radius 2 is 2.22 bits per heavy atom. The third kappa shape index (κ3) is 4.21. The SMILES string of the molecule is CN(CCS(C)(=O)=O)c1ccc(/C(N)=N/O)nc1. The Bertz CT molecular complexity index is 525. The Balaban J connectivity index is 2.73. The number of nitrogens with zero attached hydrogens (tertiary/aromatic N) is 3. The Hall–Kier alpha value is -1.83. The number of hydrogen-bond donors (Lipinski definition) is 2. The van der Waals surface area contributed by atoms with Crippen LogP contribution in [0.2, 0.25) is 0 Å². The number of hydrogen-bond acceptors (Lipinski definition) is 6. The summed E-state index contributed by atoms with van der Waals surface area (Å²) in [7, 11) is -1.22. The van der Waals surface area contributed by atoms with E-state index in [-0.39, 0.29) is 11.6 Å². The zero-order valence-electron chi connectivity index (χ0n) is 10.2. The minimum absolute atomic E-state index is 0.0691. The highest BCUT2D eigenvalue weighted by molar-refractivity contribution is 7.90. The molecule has 0 bridgehead atoms. The van der Waals surface area contributed by atoms with Crippen LogP contribution in [0.3, 0.4) is 0 Å². The standard InChI is InChI=1S/C10H16N4O3S/c1-14(5-6-18(2,16)17)8-3-4-9(12-7-8)10(11)13-15/h3-4,7,15H,5-6H2,1-2H3,(H2,11,13). The largest absolute Gasteiger partial charge is 0.409 e. The number of anilines is 1. The van der Waals surface area contributed by atoms with Crippen molar-refractivity contribution in [2.75, 3.05) is 30.5 Å². The molecule has 0 fully saturated rings. The molecule has 18 heavy (non-hydrogen) atoms. The van der Waals surface area contributed by atoms with Gasteiger partial charge in [0.25, 0.3) is 0 Å². The van der Waals surface area contributed by atoms with Gasteiger partial charge in [-0.15, -0.1) is 0 Å². The molecular formula is C10H16N4O3S. The van der Waals surface area contributed by atoms with Gasteiger partial charge in [-0.05, 0) is 12.1 Å². The van der Waals surface area contributed by atoms with Crippen molar-refractivity contribution in [1.82, 2.24) is 4.98 Å². The van der Waals surface area contributed by atoms with E-state index >= 15 is 0 Å². The monoisotopic (exact) mass is 272 g/mol. The second-order valence-corrected chi connectivity index (χ2v) is 6.20. The summed E-state index contributed by atoms with van der Waals surface area (Å²) in [6.45, 7) is 0.378. The molecule has 0 radical (unpaired) electrons. The lowest BCUT2D eigenvalue weighted by molar-refractivity contribution is 0.318. The molecule has 0 aliphatic carbocycles. The van der Waals surface area contributed by atoms with Crippen molar-refractivity contribution in [2.24, 2.45) is 10.9 Å². The van der Waals surface area contributed by atoms with Crippen molar-refractivity contribution in [3.05, 3.63) is 24.0 Å². The van der Waals surface area contributed by atoms with Gasteiger partial charge in [-0.25, -0.2) is 8.42 Å². The maximum atomic E-state index is 11.0. The van der Waals surface area contributed by atoms with Crippen LogP contribution in [-0.2, 0) is 9.84 Å². The van der Waals surface area contributed by atoms with E-state index in [2.05, 4.69) is 10.1 Å². The van der Waals surface area contributed by atoms with Crippen LogP contribution in [0.15, 0.2) is 23.5 Å². The first-order chi connectivity index (χ1) is 8.33. The summed E-state index contributed by atoms with van der Waals surface area (Å²) in [5, 5.41) is 11.3. The van der Waals surface area contributed by atoms with Crippen LogP contribution < -0.4 is 10.6 Å². The van der Waals surface area contributed by atoms with Gasteiger partial charge < -0.3 is 15.8 Å². The topological polar surface area (TPSA) is 109 Å². The van der Waals surface area contributed by atoms with E-state index < -0.39 is 9.84 Å². The fraction of sp³-hybridized carbons (Fsp3) is 0.400. The summed E-state index contributed by atoms with van der Waals surface area (Å²) in [4.78, 5) is 5.78. The van der Waals surface area contributed by atoms with E-state index in [4.69, 9.17) is 10.9 Å². The summed E-state index contributed by atoms with van der Waals surface area (Å²) in [6, 6.07) is 3.32. The van der Waals surface area contributed by atoms with Crippen molar-refractivity contribution in [2.45, 2.75) is 0 Å². The maximum absolute atomic E-state index is 11.0. The second kappa shape index (κ2) is 5.67. The van der Waals surface area contributed by atoms with Crippen LogP contribution in [-0.4, -0.2) is 50.0 Å². The van der Waals surface area contributed by atoms with Gasteiger partial charge in [0.1, 0.15) is 15.5 Å². The first-order valence-corrected chi connectivity index (χ1v) is 7.22. The Labute approximate surface area is 106 Å². The van der Waals surface area contributed by atoms with Crippen LogP contribution in [0.1, 0.15) is 5.69 Å². The molecule has 0 saturated heterocycles. The molecule has 0 atom stereocenters. The van der Waals surface area contributed by atoms with Gasteiger partial charge in [0.05, 0.1) is 17.6 Å². The number of sulfone groups is 1. The molecular weight excluding hydrogens is 256 g/mol. The molecule has 8 heteroatoms. The zero-order chi connectivity index (χ0) is 13.8. The van der Waals surface area contributed by atoms with E-state index in [1.54, 1.807) is 24.1 Å². The van der Waals surface area contributed by atoms with Crippen LogP contribution in [0.4, 0.5) is 5.69 Å². The minimum Gasteiger partial charge on any atom is -0.409 e. The predicted molar refractivity (Wildman–Crippen MR) is 69.7 cm³/mol. The number of pyridine rings is 1. The smallest absolute Gasteiger partial charge is 0.188 e. The predicted octanol–water partition coefficient (Wildman–Crippen LogP) is -0.343. The van der Waals surface area contributed by atoms with Gasteiger partial charge in [-0.1, -0.05) is 5.16 Å². The van der Waals surface area contributed by atoms with E-state index in [1.165, 1.54) is 12.5 Å². The average molecular weight is 272 g/mol. The molecule has 0 unspecified atom stereocenters. The van der Waals surface area contributed by atoms with Crippen molar-refractivity contribution < 1.29 is 13.6 Å². The molecule has 0 aliphatic heterocycles. The lowest BCUT2D eigenvalue weighted by atomic mass is 10.3. The molecule has 1 aromatic rings. The molecule has 0 spiro atoms. The molecule has 0 aliphatic rings. The van der Waals surface area contributed by atoms with Crippen molar-refractivity contribution in [3.63, 3.8) is 0 Å². The summed E-state index contributed by atoms with van der Waals surface area (Å²) in [6.07, 6.45) is 2.73. The fourth-order valence-electron chi connectivity index (χ4n) is 1.25. The number of amidine groups is 1. The Morgan fingerprint density at radius 1 is 1.56 bits per heavy atom. The fourth-order valence-corrected chi connectivity index (χ4v) is 1.85. The molecule has 1 rings (SSSR count).